The third-order valence-corrected chi connectivity index (χ3v) is 3.96. The molecule has 0 aromatic heterocycles. The largest absolute Gasteiger partial charge is 0.481 e. The van der Waals surface area contributed by atoms with Gasteiger partial charge in [-0.05, 0) is 32.6 Å². The Labute approximate surface area is 119 Å². The zero-order valence-electron chi connectivity index (χ0n) is 12.2. The molecule has 1 aliphatic rings. The fourth-order valence-corrected chi connectivity index (χ4v) is 2.56. The molecule has 1 rings (SSSR count). The van der Waals surface area contributed by atoms with Crippen LogP contribution in [0, 0.1) is 17.8 Å². The Bertz CT molecular complexity index is 428. The van der Waals surface area contributed by atoms with Gasteiger partial charge in [0, 0.05) is 12.6 Å². The molecule has 0 radical (unpaired) electrons. The molecular formula is C15H23NO4. The lowest BCUT2D eigenvalue weighted by atomic mass is 9.83. The smallest absolute Gasteiger partial charge is 0.310 e. The van der Waals surface area contributed by atoms with Crippen molar-refractivity contribution in [2.75, 3.05) is 6.54 Å². The SMILES string of the molecule is CC(=CC=CC(C)C(=O)O)C1CNC(C)C1CC(=O)O. The van der Waals surface area contributed by atoms with Crippen LogP contribution in [0.25, 0.3) is 0 Å². The maximum Gasteiger partial charge on any atom is 0.310 e. The Balaban J connectivity index is 2.72. The summed E-state index contributed by atoms with van der Waals surface area (Å²) in [6, 6.07) is 0.182. The van der Waals surface area contributed by atoms with E-state index in [4.69, 9.17) is 10.2 Å². The van der Waals surface area contributed by atoms with E-state index in [2.05, 4.69) is 5.32 Å². The summed E-state index contributed by atoms with van der Waals surface area (Å²) in [6.45, 7) is 6.36. The second-order valence-electron chi connectivity index (χ2n) is 5.49. The van der Waals surface area contributed by atoms with E-state index in [0.717, 1.165) is 12.1 Å². The molecule has 0 amide bonds. The highest BCUT2D eigenvalue weighted by atomic mass is 16.4. The van der Waals surface area contributed by atoms with Crippen molar-refractivity contribution in [1.29, 1.82) is 0 Å². The number of nitrogens with one attached hydrogen (secondary N) is 1. The van der Waals surface area contributed by atoms with Crippen LogP contribution in [-0.2, 0) is 9.59 Å². The summed E-state index contributed by atoms with van der Waals surface area (Å²) in [7, 11) is 0. The molecule has 4 atom stereocenters. The van der Waals surface area contributed by atoms with Crippen LogP contribution in [0.3, 0.4) is 0 Å². The standard InChI is InChI=1S/C15H23NO4/c1-9(5-4-6-10(2)15(19)20)13-8-16-11(3)12(13)7-14(17)18/h4-6,10-13,16H,7-8H2,1-3H3,(H,17,18)(H,19,20). The molecule has 1 aliphatic heterocycles. The van der Waals surface area contributed by atoms with Gasteiger partial charge in [0.05, 0.1) is 12.3 Å². The van der Waals surface area contributed by atoms with Crippen molar-refractivity contribution in [3.63, 3.8) is 0 Å². The van der Waals surface area contributed by atoms with E-state index in [1.807, 2.05) is 19.9 Å². The molecule has 1 heterocycles. The quantitative estimate of drug-likeness (QED) is 0.647. The number of rotatable bonds is 6. The summed E-state index contributed by atoms with van der Waals surface area (Å²) >= 11 is 0. The number of hydrogen-bond donors (Lipinski definition) is 3. The highest BCUT2D eigenvalue weighted by Crippen LogP contribution is 2.31. The summed E-state index contributed by atoms with van der Waals surface area (Å²) < 4.78 is 0. The second-order valence-corrected chi connectivity index (χ2v) is 5.49. The topological polar surface area (TPSA) is 86.6 Å². The monoisotopic (exact) mass is 281 g/mol. The zero-order valence-corrected chi connectivity index (χ0v) is 12.2. The highest BCUT2D eigenvalue weighted by Gasteiger charge is 2.35. The van der Waals surface area contributed by atoms with Crippen molar-refractivity contribution in [3.05, 3.63) is 23.8 Å². The Kier molecular flexibility index (Phi) is 5.95. The molecule has 5 nitrogen and oxygen atoms in total. The number of carboxylic acids is 2. The summed E-state index contributed by atoms with van der Waals surface area (Å²) in [5.74, 6) is -1.89. The average molecular weight is 281 g/mol. The van der Waals surface area contributed by atoms with Crippen molar-refractivity contribution in [2.45, 2.75) is 33.2 Å². The van der Waals surface area contributed by atoms with Gasteiger partial charge in [0.1, 0.15) is 0 Å². The number of hydrogen-bond acceptors (Lipinski definition) is 3. The van der Waals surface area contributed by atoms with Crippen molar-refractivity contribution in [3.8, 4) is 0 Å². The van der Waals surface area contributed by atoms with E-state index in [-0.39, 0.29) is 24.3 Å². The minimum absolute atomic E-state index is 0.0778. The molecule has 3 N–H and O–H groups in total. The number of carboxylic acid groups (broad SMARTS) is 2. The van der Waals surface area contributed by atoms with Crippen molar-refractivity contribution >= 4 is 11.9 Å². The van der Waals surface area contributed by atoms with Crippen LogP contribution in [0.4, 0.5) is 0 Å². The lowest BCUT2D eigenvalue weighted by molar-refractivity contribution is -0.140. The van der Waals surface area contributed by atoms with Crippen LogP contribution in [0.1, 0.15) is 27.2 Å². The van der Waals surface area contributed by atoms with Gasteiger partial charge < -0.3 is 15.5 Å². The normalized spacial score (nSPS) is 28.8. The van der Waals surface area contributed by atoms with Gasteiger partial charge in [0.2, 0.25) is 0 Å². The molecule has 0 aromatic rings. The van der Waals surface area contributed by atoms with Gasteiger partial charge in [-0.3, -0.25) is 9.59 Å². The summed E-state index contributed by atoms with van der Waals surface area (Å²) in [6.07, 6.45) is 5.41. The van der Waals surface area contributed by atoms with E-state index in [1.54, 1.807) is 19.1 Å². The van der Waals surface area contributed by atoms with Crippen molar-refractivity contribution in [2.24, 2.45) is 17.8 Å². The number of allylic oxidation sites excluding steroid dienone is 2. The predicted octanol–water partition coefficient (Wildman–Crippen LogP) is 1.91. The fraction of sp³-hybridized carbons (Fsp3) is 0.600. The zero-order chi connectivity index (χ0) is 15.3. The van der Waals surface area contributed by atoms with E-state index in [1.165, 1.54) is 0 Å². The third-order valence-electron chi connectivity index (χ3n) is 3.96. The average Bonchev–Trinajstić information content (AvgIpc) is 2.70. The first-order valence-corrected chi connectivity index (χ1v) is 6.86. The maximum atomic E-state index is 10.9. The van der Waals surface area contributed by atoms with E-state index >= 15 is 0 Å². The number of aliphatic carboxylic acids is 2. The Morgan fingerprint density at radius 1 is 1.40 bits per heavy atom. The van der Waals surface area contributed by atoms with E-state index in [0.29, 0.717) is 0 Å². The fourth-order valence-electron chi connectivity index (χ4n) is 2.56. The summed E-state index contributed by atoms with van der Waals surface area (Å²) in [5, 5.41) is 21.1. The van der Waals surface area contributed by atoms with Crippen LogP contribution >= 0.6 is 0 Å². The van der Waals surface area contributed by atoms with E-state index < -0.39 is 17.9 Å². The lowest BCUT2D eigenvalue weighted by Gasteiger charge is -2.20. The molecule has 4 unspecified atom stereocenters. The van der Waals surface area contributed by atoms with Gasteiger partial charge in [-0.25, -0.2) is 0 Å². The van der Waals surface area contributed by atoms with Gasteiger partial charge in [-0.2, -0.15) is 0 Å². The summed E-state index contributed by atoms with van der Waals surface area (Å²) in [4.78, 5) is 21.6. The molecule has 0 spiro atoms. The molecule has 1 fully saturated rings. The Morgan fingerprint density at radius 3 is 2.60 bits per heavy atom. The van der Waals surface area contributed by atoms with Gasteiger partial charge in [0.15, 0.2) is 0 Å². The van der Waals surface area contributed by atoms with Gasteiger partial charge >= 0.3 is 11.9 Å². The van der Waals surface area contributed by atoms with Gasteiger partial charge in [0.25, 0.3) is 0 Å². The molecular weight excluding hydrogens is 258 g/mol. The lowest BCUT2D eigenvalue weighted by Crippen LogP contribution is -2.25. The molecule has 0 aliphatic carbocycles. The Morgan fingerprint density at radius 2 is 2.05 bits per heavy atom. The molecule has 112 valence electrons. The summed E-state index contributed by atoms with van der Waals surface area (Å²) in [5.41, 5.74) is 1.09. The van der Waals surface area contributed by atoms with Crippen LogP contribution in [-0.4, -0.2) is 34.7 Å². The number of carbonyl (C=O) groups is 2. The van der Waals surface area contributed by atoms with Gasteiger partial charge in [-0.1, -0.05) is 23.8 Å². The van der Waals surface area contributed by atoms with Crippen LogP contribution in [0.5, 0.6) is 0 Å². The molecule has 5 heteroatoms. The first-order chi connectivity index (χ1) is 9.32. The second kappa shape index (κ2) is 7.24. The van der Waals surface area contributed by atoms with Gasteiger partial charge in [-0.15, -0.1) is 0 Å². The first kappa shape index (κ1) is 16.4. The van der Waals surface area contributed by atoms with Crippen LogP contribution < -0.4 is 5.32 Å². The molecule has 20 heavy (non-hydrogen) atoms. The Hall–Kier alpha value is -1.62. The third kappa shape index (κ3) is 4.49. The molecule has 0 saturated carbocycles. The first-order valence-electron chi connectivity index (χ1n) is 6.86. The predicted molar refractivity (Wildman–Crippen MR) is 76.4 cm³/mol. The van der Waals surface area contributed by atoms with Crippen molar-refractivity contribution < 1.29 is 19.8 Å². The van der Waals surface area contributed by atoms with Crippen LogP contribution in [0.15, 0.2) is 23.8 Å². The minimum atomic E-state index is -0.854. The molecule has 0 aromatic carbocycles. The molecule has 0 bridgehead atoms. The minimum Gasteiger partial charge on any atom is -0.481 e. The molecule has 1 saturated heterocycles. The van der Waals surface area contributed by atoms with Crippen molar-refractivity contribution in [1.82, 2.24) is 5.32 Å². The maximum absolute atomic E-state index is 10.9. The van der Waals surface area contributed by atoms with E-state index in [9.17, 15) is 9.59 Å². The highest BCUT2D eigenvalue weighted by molar-refractivity contribution is 5.71. The van der Waals surface area contributed by atoms with Crippen LogP contribution in [0.2, 0.25) is 0 Å².